The largest absolute Gasteiger partial charge is 0.444 e. The van der Waals surface area contributed by atoms with Crippen molar-refractivity contribution >= 4 is 6.09 Å². The third-order valence-corrected chi connectivity index (χ3v) is 3.42. The van der Waals surface area contributed by atoms with Crippen LogP contribution in [0, 0.1) is 0 Å². The number of hydrogen-bond donors (Lipinski definition) is 1. The summed E-state index contributed by atoms with van der Waals surface area (Å²) < 4.78 is 5.18. The summed E-state index contributed by atoms with van der Waals surface area (Å²) in [6.07, 6.45) is 11.6. The minimum atomic E-state index is -0.424. The van der Waals surface area contributed by atoms with Gasteiger partial charge in [-0.15, -0.1) is 0 Å². The van der Waals surface area contributed by atoms with Crippen molar-refractivity contribution in [2.45, 2.75) is 90.6 Å². The number of carbonyl (C=O) groups excluding carboxylic acids is 1. The summed E-state index contributed by atoms with van der Waals surface area (Å²) in [6, 6.07) is 0. The molecule has 0 bridgehead atoms. The van der Waals surface area contributed by atoms with Crippen LogP contribution in [-0.4, -0.2) is 24.8 Å². The number of azide groups is 1. The molecule has 0 fully saturated rings. The minimum absolute atomic E-state index is 0.321. The lowest BCUT2D eigenvalue weighted by atomic mass is 10.1. The first-order valence-electron chi connectivity index (χ1n) is 8.93. The zero-order chi connectivity index (χ0) is 17.4. The summed E-state index contributed by atoms with van der Waals surface area (Å²) in [5.41, 5.74) is 7.72. The van der Waals surface area contributed by atoms with Crippen LogP contribution in [0.3, 0.4) is 0 Å². The molecule has 6 nitrogen and oxygen atoms in total. The highest BCUT2D eigenvalue weighted by atomic mass is 16.6. The van der Waals surface area contributed by atoms with E-state index in [0.717, 1.165) is 25.7 Å². The van der Waals surface area contributed by atoms with Crippen LogP contribution in [0.4, 0.5) is 4.79 Å². The van der Waals surface area contributed by atoms with Gasteiger partial charge in [0.15, 0.2) is 0 Å². The Morgan fingerprint density at radius 1 is 0.957 bits per heavy atom. The van der Waals surface area contributed by atoms with Crippen LogP contribution in [0.15, 0.2) is 5.11 Å². The van der Waals surface area contributed by atoms with Gasteiger partial charge in [0.2, 0.25) is 0 Å². The third kappa shape index (κ3) is 18.5. The zero-order valence-electron chi connectivity index (χ0n) is 15.1. The Labute approximate surface area is 141 Å². The lowest BCUT2D eigenvalue weighted by Crippen LogP contribution is -2.32. The van der Waals surface area contributed by atoms with Gasteiger partial charge in [-0.25, -0.2) is 4.79 Å². The molecule has 23 heavy (non-hydrogen) atoms. The van der Waals surface area contributed by atoms with Crippen LogP contribution in [-0.2, 0) is 4.74 Å². The van der Waals surface area contributed by atoms with Gasteiger partial charge in [-0.1, -0.05) is 56.5 Å². The zero-order valence-corrected chi connectivity index (χ0v) is 15.1. The first kappa shape index (κ1) is 21.6. The molecule has 0 spiro atoms. The van der Waals surface area contributed by atoms with Crippen molar-refractivity contribution in [3.63, 3.8) is 0 Å². The van der Waals surface area contributed by atoms with Crippen molar-refractivity contribution in [1.29, 1.82) is 0 Å². The molecule has 0 aliphatic rings. The van der Waals surface area contributed by atoms with E-state index in [4.69, 9.17) is 10.3 Å². The average molecular weight is 326 g/mol. The SMILES string of the molecule is CC(C)(C)OC(=O)NCCCCCCCCCCCCN=[N+]=[N-]. The van der Waals surface area contributed by atoms with Gasteiger partial charge in [0.25, 0.3) is 0 Å². The molecule has 0 rings (SSSR count). The summed E-state index contributed by atoms with van der Waals surface area (Å²) in [6.45, 7) is 6.93. The molecule has 0 saturated carbocycles. The monoisotopic (exact) mass is 326 g/mol. The van der Waals surface area contributed by atoms with E-state index in [1.807, 2.05) is 20.8 Å². The number of amides is 1. The molecule has 0 unspecified atom stereocenters. The van der Waals surface area contributed by atoms with E-state index in [2.05, 4.69) is 15.3 Å². The third-order valence-electron chi connectivity index (χ3n) is 3.42. The summed E-state index contributed by atoms with van der Waals surface area (Å²) in [5.74, 6) is 0. The first-order chi connectivity index (χ1) is 11.0. The number of alkyl carbamates (subject to hydrolysis) is 1. The molecule has 0 aromatic carbocycles. The number of ether oxygens (including phenoxy) is 1. The Balaban J connectivity index is 3.19. The van der Waals surface area contributed by atoms with Gasteiger partial charge in [-0.3, -0.25) is 0 Å². The normalized spacial score (nSPS) is 10.9. The molecule has 0 aromatic heterocycles. The fourth-order valence-corrected chi connectivity index (χ4v) is 2.27. The number of hydrogen-bond acceptors (Lipinski definition) is 3. The van der Waals surface area contributed by atoms with Crippen molar-refractivity contribution in [2.75, 3.05) is 13.1 Å². The van der Waals surface area contributed by atoms with E-state index in [1.54, 1.807) is 0 Å². The molecule has 0 aliphatic carbocycles. The topological polar surface area (TPSA) is 87.1 Å². The molecule has 0 heterocycles. The Bertz CT molecular complexity index is 347. The van der Waals surface area contributed by atoms with E-state index in [-0.39, 0.29) is 6.09 Å². The second-order valence-electron chi connectivity index (χ2n) is 6.92. The van der Waals surface area contributed by atoms with Crippen molar-refractivity contribution in [3.05, 3.63) is 10.4 Å². The van der Waals surface area contributed by atoms with E-state index in [9.17, 15) is 4.79 Å². The predicted octanol–water partition coefficient (Wildman–Crippen LogP) is 5.72. The molecule has 1 N–H and O–H groups in total. The van der Waals surface area contributed by atoms with Gasteiger partial charge in [0.1, 0.15) is 5.60 Å². The molecule has 6 heteroatoms. The van der Waals surface area contributed by atoms with E-state index < -0.39 is 5.60 Å². The van der Waals surface area contributed by atoms with Crippen molar-refractivity contribution in [2.24, 2.45) is 5.11 Å². The Hall–Kier alpha value is -1.42. The van der Waals surface area contributed by atoms with Gasteiger partial charge in [0.05, 0.1) is 0 Å². The Morgan fingerprint density at radius 3 is 1.91 bits per heavy atom. The molecule has 0 radical (unpaired) electrons. The predicted molar refractivity (Wildman–Crippen MR) is 94.4 cm³/mol. The van der Waals surface area contributed by atoms with Gasteiger partial charge in [-0.2, -0.15) is 0 Å². The highest BCUT2D eigenvalue weighted by molar-refractivity contribution is 5.67. The van der Waals surface area contributed by atoms with E-state index >= 15 is 0 Å². The van der Waals surface area contributed by atoms with Gasteiger partial charge < -0.3 is 10.1 Å². The minimum Gasteiger partial charge on any atom is -0.444 e. The molecular formula is C17H34N4O2. The standard InChI is InChI=1S/C17H34N4O2/c1-17(2,3)23-16(22)19-14-12-10-8-6-4-5-7-9-11-13-15-20-21-18/h4-15H2,1-3H3,(H,19,22). The van der Waals surface area contributed by atoms with Crippen molar-refractivity contribution in [1.82, 2.24) is 5.32 Å². The number of unbranched alkanes of at least 4 members (excludes halogenated alkanes) is 9. The van der Waals surface area contributed by atoms with Crippen LogP contribution in [0.5, 0.6) is 0 Å². The number of carbonyl (C=O) groups is 1. The van der Waals surface area contributed by atoms with Crippen LogP contribution >= 0.6 is 0 Å². The quantitative estimate of drug-likeness (QED) is 0.203. The summed E-state index contributed by atoms with van der Waals surface area (Å²) in [7, 11) is 0. The second-order valence-corrected chi connectivity index (χ2v) is 6.92. The van der Waals surface area contributed by atoms with Crippen LogP contribution in [0.25, 0.3) is 10.4 Å². The number of rotatable bonds is 13. The number of nitrogens with zero attached hydrogens (tertiary/aromatic N) is 3. The van der Waals surface area contributed by atoms with E-state index in [0.29, 0.717) is 13.1 Å². The number of nitrogens with one attached hydrogen (secondary N) is 1. The maximum absolute atomic E-state index is 11.4. The fraction of sp³-hybridized carbons (Fsp3) is 0.941. The van der Waals surface area contributed by atoms with E-state index in [1.165, 1.54) is 38.5 Å². The van der Waals surface area contributed by atoms with Gasteiger partial charge >= 0.3 is 6.09 Å². The smallest absolute Gasteiger partial charge is 0.407 e. The van der Waals surface area contributed by atoms with Gasteiger partial charge in [0, 0.05) is 18.0 Å². The highest BCUT2D eigenvalue weighted by Crippen LogP contribution is 2.11. The van der Waals surface area contributed by atoms with Gasteiger partial charge in [-0.05, 0) is 39.1 Å². The lowest BCUT2D eigenvalue weighted by molar-refractivity contribution is 0.0527. The van der Waals surface area contributed by atoms with Crippen LogP contribution < -0.4 is 5.32 Å². The lowest BCUT2D eigenvalue weighted by Gasteiger charge is -2.19. The molecule has 0 atom stereocenters. The van der Waals surface area contributed by atoms with Crippen molar-refractivity contribution < 1.29 is 9.53 Å². The van der Waals surface area contributed by atoms with Crippen LogP contribution in [0.1, 0.15) is 85.0 Å². The molecule has 0 aromatic rings. The maximum Gasteiger partial charge on any atom is 0.407 e. The maximum atomic E-state index is 11.4. The first-order valence-corrected chi connectivity index (χ1v) is 8.93. The summed E-state index contributed by atoms with van der Waals surface area (Å²) in [5, 5.41) is 6.32. The highest BCUT2D eigenvalue weighted by Gasteiger charge is 2.15. The molecule has 0 saturated heterocycles. The Morgan fingerprint density at radius 2 is 1.43 bits per heavy atom. The second kappa shape index (κ2) is 14.2. The fourth-order valence-electron chi connectivity index (χ4n) is 2.27. The Kier molecular flexibility index (Phi) is 13.3. The molecule has 134 valence electrons. The van der Waals surface area contributed by atoms with Crippen molar-refractivity contribution in [3.8, 4) is 0 Å². The van der Waals surface area contributed by atoms with Crippen LogP contribution in [0.2, 0.25) is 0 Å². The summed E-state index contributed by atoms with van der Waals surface area (Å²) in [4.78, 5) is 14.2. The molecule has 0 aliphatic heterocycles. The molecule has 1 amide bonds. The molecular weight excluding hydrogens is 292 g/mol. The average Bonchev–Trinajstić information content (AvgIpc) is 2.46. The summed E-state index contributed by atoms with van der Waals surface area (Å²) >= 11 is 0.